The minimum absolute atomic E-state index is 0.0239. The van der Waals surface area contributed by atoms with E-state index in [1.807, 2.05) is 108 Å². The van der Waals surface area contributed by atoms with Crippen molar-refractivity contribution in [2.24, 2.45) is 34.2 Å². The summed E-state index contributed by atoms with van der Waals surface area (Å²) < 4.78 is 72.5. The van der Waals surface area contributed by atoms with Crippen LogP contribution in [0.5, 0.6) is 0 Å². The zero-order valence-electron chi connectivity index (χ0n) is 66.8. The van der Waals surface area contributed by atoms with E-state index in [2.05, 4.69) is 56.5 Å². The molecule has 0 spiro atoms. The Labute approximate surface area is 686 Å². The van der Waals surface area contributed by atoms with Crippen molar-refractivity contribution in [3.05, 3.63) is 142 Å². The number of aryl methyl sites for hydroxylation is 1. The number of aromatic amines is 1. The van der Waals surface area contributed by atoms with Crippen molar-refractivity contribution in [2.75, 3.05) is 47.7 Å². The van der Waals surface area contributed by atoms with Crippen molar-refractivity contribution in [3.8, 4) is 0 Å². The van der Waals surface area contributed by atoms with Gasteiger partial charge < -0.3 is 91.6 Å². The number of hydrogen-bond donors (Lipinski definition) is 12. The molecule has 5 unspecified atom stereocenters. The summed E-state index contributed by atoms with van der Waals surface area (Å²) in [7, 11) is -5.62. The van der Waals surface area contributed by atoms with E-state index < -0.39 is 180 Å². The largest absolute Gasteiger partial charge is 0.481 e. The number of anilines is 2. The van der Waals surface area contributed by atoms with Gasteiger partial charge in [-0.05, 0) is 124 Å². The van der Waals surface area contributed by atoms with Gasteiger partial charge in [-0.2, -0.15) is 16.7 Å². The Morgan fingerprint density at radius 3 is 2.26 bits per heavy atom. The van der Waals surface area contributed by atoms with Crippen molar-refractivity contribution in [3.63, 3.8) is 0 Å². The van der Waals surface area contributed by atoms with Crippen LogP contribution in [0.3, 0.4) is 0 Å². The van der Waals surface area contributed by atoms with Crippen LogP contribution < -0.4 is 54.5 Å². The van der Waals surface area contributed by atoms with Gasteiger partial charge in [0, 0.05) is 74.4 Å². The van der Waals surface area contributed by atoms with E-state index in [9.17, 15) is 71.7 Å². The summed E-state index contributed by atoms with van der Waals surface area (Å²) in [5.74, 6) is -11.7. The Morgan fingerprint density at radius 1 is 0.864 bits per heavy atom. The molecule has 36 nitrogen and oxygen atoms in total. The fraction of sp³-hybridized carbons (Fsp3) is 0.506. The fourth-order valence-corrected chi connectivity index (χ4v) is 20.6. The van der Waals surface area contributed by atoms with E-state index in [1.165, 1.54) is 30.5 Å². The minimum Gasteiger partial charge on any atom is -0.481 e. The fourth-order valence-electron chi connectivity index (χ4n) is 14.2. The van der Waals surface area contributed by atoms with E-state index in [1.54, 1.807) is 20.3 Å². The lowest BCUT2D eigenvalue weighted by Crippen LogP contribution is -2.56. The molecule has 5 aromatic rings. The number of fused-ring (bicyclic) bond motifs is 5. The van der Waals surface area contributed by atoms with Gasteiger partial charge in [0.2, 0.25) is 32.0 Å². The number of nitrogens with two attached hydrogens (primary N) is 3. The number of carboxylic acids is 3. The molecule has 0 saturated carbocycles. The highest BCUT2D eigenvalue weighted by Gasteiger charge is 2.60. The second kappa shape index (κ2) is 41.6. The number of guanidine groups is 1. The number of hydrogen-bond acceptors (Lipinski definition) is 27. The number of H-pyrrole nitrogens is 1. The number of thioether (sulfide) groups is 1. The van der Waals surface area contributed by atoms with Crippen LogP contribution in [0, 0.1) is 24.7 Å². The summed E-state index contributed by atoms with van der Waals surface area (Å²) in [6, 6.07) is 8.69. The average Bonchev–Trinajstić information content (AvgIpc) is 1.58. The first kappa shape index (κ1) is 91.2. The topological polar surface area (TPSA) is 559 Å². The van der Waals surface area contributed by atoms with Crippen LogP contribution in [-0.4, -0.2) is 226 Å². The molecule has 3 aromatic heterocycles. The Kier molecular flexibility index (Phi) is 32.2. The predicted molar refractivity (Wildman–Crippen MR) is 438 cm³/mol. The number of carbonyl (C=O) groups is 9. The Hall–Kier alpha value is -10.7. The van der Waals surface area contributed by atoms with Crippen LogP contribution in [0.1, 0.15) is 126 Å². The molecule has 4 amide bonds. The number of oxazole rings is 1. The highest BCUT2D eigenvalue weighted by Crippen LogP contribution is 2.47. The van der Waals surface area contributed by atoms with E-state index in [-0.39, 0.29) is 109 Å². The molecular weight excluding hydrogens is 1590 g/mol. The number of nitrogens with zero attached hydrogens (tertiary/aromatic N) is 5. The Morgan fingerprint density at radius 2 is 1.58 bits per heavy atom. The normalized spacial score (nSPS) is 23.2. The molecule has 3 saturated heterocycles. The number of nitrogen functional groups attached to an aromatic ring is 1. The molecule has 4 aliphatic rings. The minimum atomic E-state index is -3.89. The number of methoxy groups -OCH3 is 1. The number of aliphatic imine (C=N–C) groups is 1. The summed E-state index contributed by atoms with van der Waals surface area (Å²) in [4.78, 5) is 155. The zero-order valence-corrected chi connectivity index (χ0v) is 69.4. The molecule has 4 aliphatic heterocycles. The number of carbonyl (C=O) groups excluding carboxylic acids is 6. The monoisotopic (exact) mass is 1690 g/mol. The maximum Gasteiger partial charge on any atom is 0.338 e. The van der Waals surface area contributed by atoms with Crippen molar-refractivity contribution < 1.29 is 99.4 Å². The van der Waals surface area contributed by atoms with Gasteiger partial charge >= 0.3 is 29.8 Å². The second-order valence-corrected chi connectivity index (χ2v) is 37.5. The molecular formula is C79H104N14O22S2Si. The molecule has 0 aliphatic carbocycles. The van der Waals surface area contributed by atoms with E-state index in [0.29, 0.717) is 35.8 Å². The van der Waals surface area contributed by atoms with Gasteiger partial charge in [-0.15, -0.1) is 0 Å². The van der Waals surface area contributed by atoms with Crippen molar-refractivity contribution in [1.82, 2.24) is 46.2 Å². The number of sulfone groups is 1. The quantitative estimate of drug-likeness (QED) is 0.00385. The van der Waals surface area contributed by atoms with Crippen LogP contribution in [0.2, 0.25) is 12.6 Å². The molecule has 16 atom stereocenters. The number of epoxide rings is 2. The number of aromatic nitrogens is 5. The first-order valence-electron chi connectivity index (χ1n) is 38.7. The lowest BCUT2D eigenvalue weighted by molar-refractivity contribution is -0.159. The number of carboxylic acid groups (broad SMARTS) is 3. The van der Waals surface area contributed by atoms with Crippen molar-refractivity contribution in [1.29, 1.82) is 0 Å². The molecule has 39 heteroatoms. The third-order valence-electron chi connectivity index (χ3n) is 20.9. The van der Waals surface area contributed by atoms with Gasteiger partial charge in [0.15, 0.2) is 39.0 Å². The standard InChI is InChI=1S/C79H104N14O22S2Si/c1-43(33-51-41-110-47(5)86-51)15-12-16-45(3)67(109-7)46(4)59-38-62(79(6)61(114-79)26-20-44(2)58-34-48(36-65(97)111-58)35-60-68(112-60)76(106)113-59)115-118(8,53-17-10-9-11-18-53)32-14-30-117(107,108)31-29-116-42-57(75(104)105)91-72(100)56(37-64(95)96)90-71(99)54(19-13-28-83-77(80)81)88-63(94)27-25-55(74(102)103)89-70(98)49-21-23-50(24-22-49)84-39-52-40-85-69-66(87-52)73(101)93-78(82)92-69/h9-12,15-18,20-24,26,33,40-41,44,46,48,54-62,67-68,84H,13-14,19,25,27-32,34-39,42H2,1-8H3,(H,88,94)(H,89,98)(H,90,99)(H,91,100)(H,95,96)(H,102,103)(H,104,105)(H4,80,81,83)(H3,82,85,92,93,101)/b15-12+,26-20+,43-33+,45-16+/t44-,46+,48+,54?,55?,56?,57?,58-,59+,60-,61-,62+,67-,68-,79+,118?/m1/s1. The second-order valence-electron chi connectivity index (χ2n) is 30.3. The number of amides is 4. The maximum absolute atomic E-state index is 14.5. The van der Waals surface area contributed by atoms with Gasteiger partial charge in [0.25, 0.3) is 11.5 Å². The maximum atomic E-state index is 14.5. The number of nitrogens with one attached hydrogen (secondary N) is 6. The van der Waals surface area contributed by atoms with Gasteiger partial charge in [-0.1, -0.05) is 74.6 Å². The van der Waals surface area contributed by atoms with Crippen LogP contribution in [0.4, 0.5) is 11.6 Å². The molecule has 2 aromatic carbocycles. The van der Waals surface area contributed by atoms with Gasteiger partial charge in [0.1, 0.15) is 60.0 Å². The molecule has 9 rings (SSSR count). The van der Waals surface area contributed by atoms with Gasteiger partial charge in [0.05, 0.1) is 54.7 Å². The summed E-state index contributed by atoms with van der Waals surface area (Å²) in [6.45, 7) is 13.5. The van der Waals surface area contributed by atoms with Crippen LogP contribution in [0.25, 0.3) is 17.2 Å². The van der Waals surface area contributed by atoms with E-state index >= 15 is 0 Å². The molecule has 3 fully saturated rings. The van der Waals surface area contributed by atoms with Crippen LogP contribution in [0.15, 0.2) is 123 Å². The summed E-state index contributed by atoms with van der Waals surface area (Å²) >= 11 is 0.878. The smallest absolute Gasteiger partial charge is 0.338 e. The molecule has 638 valence electrons. The summed E-state index contributed by atoms with van der Waals surface area (Å²) in [5.41, 5.74) is 18.3. The lowest BCUT2D eigenvalue weighted by Gasteiger charge is -2.38. The first-order valence-corrected chi connectivity index (χ1v) is 44.3. The molecule has 7 heterocycles. The number of benzene rings is 2. The third-order valence-corrected chi connectivity index (χ3v) is 27.6. The SMILES string of the molecule is CO[C@H](/C(C)=C/C=C/C(C)=C/c1coc(C)n1)[C@@H](C)[C@@H]1C[C@H](O[Si](C)(CCCS(=O)(=O)CCSCC(NC(=O)C(CC(=O)O)NC(=O)C(CCCN=C(N)N)NC(=O)CCC(NC(=O)c2ccc(NCc3cnc4nc(N)[nH]c(=O)c4n3)cc2)C(=O)O)C(=O)O)c2ccccc2)[C@@]2(C)O[C@@H]2/C=C/[C@@H](C)[C@H]2C[C@H](CC(=O)O2)C[C@H]2O[C@H]2C(=O)O1. The molecule has 15 N–H and O–H groups in total. The number of cyclic esters (lactones) is 1. The summed E-state index contributed by atoms with van der Waals surface area (Å²) in [6.07, 6.45) is 9.03. The van der Waals surface area contributed by atoms with Crippen LogP contribution >= 0.6 is 11.8 Å². The highest BCUT2D eigenvalue weighted by molar-refractivity contribution is 8.00. The first-order chi connectivity index (χ1) is 56.0. The van der Waals surface area contributed by atoms with Crippen LogP contribution in [-0.2, 0) is 82.8 Å². The zero-order chi connectivity index (χ0) is 85.8. The highest BCUT2D eigenvalue weighted by atomic mass is 32.2. The Bertz CT molecular complexity index is 4770. The van der Waals surface area contributed by atoms with E-state index in [0.717, 1.165) is 28.1 Å². The molecule has 0 radical (unpaired) electrons. The lowest BCUT2D eigenvalue weighted by atomic mass is 9.84. The van der Waals surface area contributed by atoms with Gasteiger partial charge in [-0.25, -0.2) is 37.8 Å². The number of allylic oxidation sites excluding steroid dienone is 4. The number of esters is 2. The Balaban J connectivity index is 0.819. The van der Waals surface area contributed by atoms with Gasteiger partial charge in [-0.3, -0.25) is 43.5 Å². The number of rotatable bonds is 40. The molecule has 2 bridgehead atoms. The average molecular weight is 1690 g/mol. The molecule has 118 heavy (non-hydrogen) atoms. The number of ether oxygens (including phenoxy) is 5. The summed E-state index contributed by atoms with van der Waals surface area (Å²) in [5, 5.41) is 43.6. The van der Waals surface area contributed by atoms with E-state index in [4.69, 9.17) is 49.7 Å². The number of aliphatic carboxylic acids is 3. The predicted octanol–water partition coefficient (Wildman–Crippen LogP) is 4.04. The van der Waals surface area contributed by atoms with Crippen molar-refractivity contribution in [2.45, 2.75) is 197 Å². The third kappa shape index (κ3) is 26.6. The van der Waals surface area contributed by atoms with Crippen molar-refractivity contribution >= 4 is 123 Å².